The fourth-order valence-electron chi connectivity index (χ4n) is 2.91. The third-order valence-corrected chi connectivity index (χ3v) is 5.80. The number of halogens is 1. The number of nitrogens with one attached hydrogen (secondary N) is 2. The summed E-state index contributed by atoms with van der Waals surface area (Å²) in [6, 6.07) is 12.5. The normalized spacial score (nSPS) is 10.9. The van der Waals surface area contributed by atoms with Crippen molar-refractivity contribution in [2.45, 2.75) is 31.8 Å². The van der Waals surface area contributed by atoms with Crippen LogP contribution in [0.15, 0.2) is 53.9 Å². The van der Waals surface area contributed by atoms with Gasteiger partial charge in [-0.05, 0) is 48.2 Å². The maximum atomic E-state index is 13.6. The molecule has 0 spiro atoms. The summed E-state index contributed by atoms with van der Waals surface area (Å²) in [4.78, 5) is 24.2. The van der Waals surface area contributed by atoms with Crippen LogP contribution in [0.1, 0.15) is 41.3 Å². The van der Waals surface area contributed by atoms with E-state index in [2.05, 4.69) is 46.8 Å². The standard InChI is InChI=1S/C23H26FN5O2S/c1-15(2)17-6-8-19(9-7-17)29-14-27-28-23(29)32-13-21(30)25-10-11-26-22(31)18-5-4-16(3)20(24)12-18/h4-9,12,14-15H,10-11,13H2,1-3H3,(H,25,30)(H,26,31). The highest BCUT2D eigenvalue weighted by Crippen LogP contribution is 2.21. The topological polar surface area (TPSA) is 88.9 Å². The summed E-state index contributed by atoms with van der Waals surface area (Å²) < 4.78 is 15.4. The minimum absolute atomic E-state index is 0.167. The highest BCUT2D eigenvalue weighted by molar-refractivity contribution is 7.99. The molecule has 0 bridgehead atoms. The third kappa shape index (κ3) is 6.16. The quantitative estimate of drug-likeness (QED) is 0.381. The Hall–Kier alpha value is -3.20. The van der Waals surface area contributed by atoms with Gasteiger partial charge in [-0.25, -0.2) is 4.39 Å². The summed E-state index contributed by atoms with van der Waals surface area (Å²) >= 11 is 1.28. The van der Waals surface area contributed by atoms with Gasteiger partial charge < -0.3 is 10.6 Å². The van der Waals surface area contributed by atoms with Crippen molar-refractivity contribution in [2.24, 2.45) is 0 Å². The van der Waals surface area contributed by atoms with E-state index < -0.39 is 5.82 Å². The van der Waals surface area contributed by atoms with Crippen LogP contribution in [0.25, 0.3) is 5.69 Å². The highest BCUT2D eigenvalue weighted by Gasteiger charge is 2.11. The van der Waals surface area contributed by atoms with Crippen molar-refractivity contribution in [1.82, 2.24) is 25.4 Å². The molecular weight excluding hydrogens is 429 g/mol. The molecule has 1 heterocycles. The molecule has 0 fully saturated rings. The molecule has 3 rings (SSSR count). The van der Waals surface area contributed by atoms with Gasteiger partial charge in [-0.15, -0.1) is 10.2 Å². The minimum Gasteiger partial charge on any atom is -0.354 e. The van der Waals surface area contributed by atoms with Crippen LogP contribution in [0.4, 0.5) is 4.39 Å². The molecule has 0 aliphatic rings. The maximum absolute atomic E-state index is 13.6. The highest BCUT2D eigenvalue weighted by atomic mass is 32.2. The van der Waals surface area contributed by atoms with E-state index in [1.807, 2.05) is 16.7 Å². The number of aromatic nitrogens is 3. The van der Waals surface area contributed by atoms with E-state index in [1.165, 1.54) is 23.4 Å². The van der Waals surface area contributed by atoms with Gasteiger partial charge in [-0.3, -0.25) is 14.2 Å². The smallest absolute Gasteiger partial charge is 0.251 e. The number of carbonyl (C=O) groups excluding carboxylic acids is 2. The van der Waals surface area contributed by atoms with E-state index in [4.69, 9.17) is 0 Å². The van der Waals surface area contributed by atoms with Gasteiger partial charge in [0.2, 0.25) is 5.91 Å². The predicted octanol–water partition coefficient (Wildman–Crippen LogP) is 3.48. The number of carbonyl (C=O) groups is 2. The molecule has 0 atom stereocenters. The Morgan fingerprint density at radius 3 is 2.50 bits per heavy atom. The zero-order valence-corrected chi connectivity index (χ0v) is 19.1. The van der Waals surface area contributed by atoms with Crippen LogP contribution in [0.3, 0.4) is 0 Å². The van der Waals surface area contributed by atoms with E-state index in [-0.39, 0.29) is 36.2 Å². The van der Waals surface area contributed by atoms with E-state index in [9.17, 15) is 14.0 Å². The Morgan fingerprint density at radius 1 is 1.09 bits per heavy atom. The van der Waals surface area contributed by atoms with E-state index in [0.29, 0.717) is 16.6 Å². The average Bonchev–Trinajstić information content (AvgIpc) is 3.25. The molecule has 168 valence electrons. The molecule has 9 heteroatoms. The molecule has 2 aromatic carbocycles. The molecule has 1 aromatic heterocycles. The van der Waals surface area contributed by atoms with Crippen molar-refractivity contribution < 1.29 is 14.0 Å². The number of hydrogen-bond donors (Lipinski definition) is 2. The van der Waals surface area contributed by atoms with Crippen LogP contribution < -0.4 is 10.6 Å². The van der Waals surface area contributed by atoms with E-state index in [1.54, 1.807) is 25.4 Å². The lowest BCUT2D eigenvalue weighted by Gasteiger charge is -2.10. The van der Waals surface area contributed by atoms with Crippen molar-refractivity contribution in [1.29, 1.82) is 0 Å². The fraction of sp³-hybridized carbons (Fsp3) is 0.304. The first-order valence-corrected chi connectivity index (χ1v) is 11.3. The van der Waals surface area contributed by atoms with Gasteiger partial charge in [-0.1, -0.05) is 43.8 Å². The number of amides is 2. The first-order valence-electron chi connectivity index (χ1n) is 10.3. The van der Waals surface area contributed by atoms with Gasteiger partial charge in [0.1, 0.15) is 12.1 Å². The lowest BCUT2D eigenvalue weighted by atomic mass is 10.0. The Labute approximate surface area is 190 Å². The molecule has 0 saturated carbocycles. The molecule has 0 aliphatic carbocycles. The number of nitrogens with zero attached hydrogens (tertiary/aromatic N) is 3. The summed E-state index contributed by atoms with van der Waals surface area (Å²) in [7, 11) is 0. The van der Waals surface area contributed by atoms with Gasteiger partial charge in [0.05, 0.1) is 5.75 Å². The summed E-state index contributed by atoms with van der Waals surface area (Å²) in [5.41, 5.74) is 2.90. The van der Waals surface area contributed by atoms with Crippen molar-refractivity contribution in [3.05, 3.63) is 71.3 Å². The second-order valence-electron chi connectivity index (χ2n) is 7.59. The van der Waals surface area contributed by atoms with Gasteiger partial charge in [0.25, 0.3) is 5.91 Å². The Morgan fingerprint density at radius 2 is 1.81 bits per heavy atom. The van der Waals surface area contributed by atoms with Gasteiger partial charge in [0, 0.05) is 24.3 Å². The molecule has 0 saturated heterocycles. The van der Waals surface area contributed by atoms with Crippen LogP contribution in [0.5, 0.6) is 0 Å². The van der Waals surface area contributed by atoms with Crippen LogP contribution in [-0.4, -0.2) is 45.4 Å². The van der Waals surface area contributed by atoms with Crippen LogP contribution in [0, 0.1) is 12.7 Å². The van der Waals surface area contributed by atoms with Crippen molar-refractivity contribution in [3.8, 4) is 5.69 Å². The van der Waals surface area contributed by atoms with E-state index >= 15 is 0 Å². The second-order valence-corrected chi connectivity index (χ2v) is 8.53. The lowest BCUT2D eigenvalue weighted by molar-refractivity contribution is -0.118. The fourth-order valence-corrected chi connectivity index (χ4v) is 3.67. The Bertz CT molecular complexity index is 1080. The molecule has 0 unspecified atom stereocenters. The zero-order chi connectivity index (χ0) is 23.1. The second kappa shape index (κ2) is 10.9. The van der Waals surface area contributed by atoms with Crippen LogP contribution in [-0.2, 0) is 4.79 Å². The van der Waals surface area contributed by atoms with E-state index in [0.717, 1.165) is 5.69 Å². The molecule has 7 nitrogen and oxygen atoms in total. The summed E-state index contributed by atoms with van der Waals surface area (Å²) in [5, 5.41) is 14.1. The molecule has 0 radical (unpaired) electrons. The molecule has 32 heavy (non-hydrogen) atoms. The number of benzene rings is 2. The van der Waals surface area contributed by atoms with Crippen molar-refractivity contribution in [2.75, 3.05) is 18.8 Å². The van der Waals surface area contributed by atoms with Crippen molar-refractivity contribution >= 4 is 23.6 Å². The molecule has 3 aromatic rings. The number of thioether (sulfide) groups is 1. The molecule has 0 aliphatic heterocycles. The van der Waals surface area contributed by atoms with Gasteiger partial charge in [-0.2, -0.15) is 0 Å². The molecule has 2 N–H and O–H groups in total. The number of hydrogen-bond acceptors (Lipinski definition) is 5. The largest absolute Gasteiger partial charge is 0.354 e. The Balaban J connectivity index is 1.43. The van der Waals surface area contributed by atoms with Crippen LogP contribution >= 0.6 is 11.8 Å². The number of aryl methyl sites for hydroxylation is 1. The van der Waals surface area contributed by atoms with Gasteiger partial charge >= 0.3 is 0 Å². The predicted molar refractivity (Wildman–Crippen MR) is 123 cm³/mol. The Kier molecular flexibility index (Phi) is 7.99. The summed E-state index contributed by atoms with van der Waals surface area (Å²) in [6.07, 6.45) is 1.62. The van der Waals surface area contributed by atoms with Gasteiger partial charge in [0.15, 0.2) is 5.16 Å². The molecule has 2 amide bonds. The molecular formula is C23H26FN5O2S. The third-order valence-electron chi connectivity index (χ3n) is 4.85. The SMILES string of the molecule is Cc1ccc(C(=O)NCCNC(=O)CSc2nncn2-c2ccc(C(C)C)cc2)cc1F. The maximum Gasteiger partial charge on any atom is 0.251 e. The minimum atomic E-state index is -0.424. The van der Waals surface area contributed by atoms with Crippen molar-refractivity contribution in [3.63, 3.8) is 0 Å². The summed E-state index contributed by atoms with van der Waals surface area (Å²) in [6.45, 7) is 6.42. The first kappa shape index (κ1) is 23.5. The first-order chi connectivity index (χ1) is 15.3. The summed E-state index contributed by atoms with van der Waals surface area (Å²) in [5.74, 6) is -0.378. The number of rotatable bonds is 9. The average molecular weight is 456 g/mol. The lowest BCUT2D eigenvalue weighted by Crippen LogP contribution is -2.35. The monoisotopic (exact) mass is 455 g/mol. The van der Waals surface area contributed by atoms with Crippen LogP contribution in [0.2, 0.25) is 0 Å². The zero-order valence-electron chi connectivity index (χ0n) is 18.3.